The number of nitrogens with two attached hydrogens (primary N) is 1. The number of hydrogen-bond donors (Lipinski definition) is 3. The Morgan fingerprint density at radius 3 is 2.33 bits per heavy atom. The van der Waals surface area contributed by atoms with Gasteiger partial charge in [-0.15, -0.1) is 0 Å². The largest absolute Gasteiger partial charge is 0.369 e. The van der Waals surface area contributed by atoms with Crippen molar-refractivity contribution in [3.8, 4) is 0 Å². The molecular formula is C6H10N2O3S. The van der Waals surface area contributed by atoms with Gasteiger partial charge in [-0.25, -0.2) is 8.93 Å². The summed E-state index contributed by atoms with van der Waals surface area (Å²) in [5.74, 6) is -0.283. The van der Waals surface area contributed by atoms with Gasteiger partial charge in [-0.05, 0) is 19.3 Å². The van der Waals surface area contributed by atoms with Crippen molar-refractivity contribution in [2.45, 2.75) is 24.8 Å². The highest BCUT2D eigenvalue weighted by atomic mass is 32.2. The van der Waals surface area contributed by atoms with Crippen LogP contribution in [0.15, 0.2) is 0 Å². The molecule has 0 radical (unpaired) electrons. The van der Waals surface area contributed by atoms with E-state index in [4.69, 9.17) is 10.3 Å². The van der Waals surface area contributed by atoms with E-state index in [1.807, 2.05) is 0 Å². The van der Waals surface area contributed by atoms with Gasteiger partial charge in [-0.2, -0.15) is 0 Å². The molecule has 3 aliphatic carbocycles. The van der Waals surface area contributed by atoms with Gasteiger partial charge in [0.15, 0.2) is 0 Å². The quantitative estimate of drug-likeness (QED) is 0.504. The molecule has 0 aromatic carbocycles. The molecule has 2 bridgehead atoms. The van der Waals surface area contributed by atoms with Gasteiger partial charge in [-0.3, -0.25) is 9.35 Å². The van der Waals surface area contributed by atoms with E-state index >= 15 is 0 Å². The summed E-state index contributed by atoms with van der Waals surface area (Å²) in [5, 5.41) is 0. The predicted octanol–water partition coefficient (Wildman–Crippen LogP) is -0.879. The highest BCUT2D eigenvalue weighted by Gasteiger charge is 2.71. The molecule has 0 aromatic heterocycles. The van der Waals surface area contributed by atoms with Gasteiger partial charge in [0, 0.05) is 5.54 Å². The first-order valence-electron chi connectivity index (χ1n) is 3.67. The summed E-state index contributed by atoms with van der Waals surface area (Å²) in [6.45, 7) is 0. The molecule has 1 unspecified atom stereocenters. The first-order chi connectivity index (χ1) is 5.48. The molecule has 68 valence electrons. The number of nitrogens with one attached hydrogen (secondary N) is 1. The van der Waals surface area contributed by atoms with Gasteiger partial charge < -0.3 is 5.73 Å². The van der Waals surface area contributed by atoms with Gasteiger partial charge in [0.2, 0.25) is 17.2 Å². The fourth-order valence-corrected chi connectivity index (χ4v) is 2.93. The molecule has 0 spiro atoms. The average Bonchev–Trinajstić information content (AvgIpc) is 1.72. The monoisotopic (exact) mass is 190 g/mol. The van der Waals surface area contributed by atoms with Crippen molar-refractivity contribution < 1.29 is 13.6 Å². The number of rotatable bonds is 3. The van der Waals surface area contributed by atoms with E-state index in [1.54, 1.807) is 0 Å². The Bertz CT molecular complexity index is 258. The maximum absolute atomic E-state index is 10.8. The van der Waals surface area contributed by atoms with Crippen LogP contribution in [0.3, 0.4) is 0 Å². The second-order valence-electron chi connectivity index (χ2n) is 3.81. The normalized spacial score (nSPS) is 45.8. The van der Waals surface area contributed by atoms with E-state index in [9.17, 15) is 9.00 Å². The van der Waals surface area contributed by atoms with Crippen LogP contribution in [0.5, 0.6) is 0 Å². The number of carbonyl (C=O) groups excluding carboxylic acids is 1. The molecular weight excluding hydrogens is 180 g/mol. The molecule has 1 atom stereocenters. The Morgan fingerprint density at radius 2 is 2.00 bits per heavy atom. The minimum atomic E-state index is -1.98. The molecule has 0 aromatic rings. The van der Waals surface area contributed by atoms with Crippen LogP contribution in [0.25, 0.3) is 0 Å². The third-order valence-corrected chi connectivity index (χ3v) is 3.46. The zero-order valence-corrected chi connectivity index (χ0v) is 7.19. The van der Waals surface area contributed by atoms with E-state index in [-0.39, 0.29) is 16.9 Å². The fraction of sp³-hybridized carbons (Fsp3) is 0.833. The minimum absolute atomic E-state index is 0.269. The van der Waals surface area contributed by atoms with Gasteiger partial charge in [0.25, 0.3) is 0 Å². The van der Waals surface area contributed by atoms with Crippen molar-refractivity contribution in [2.75, 3.05) is 0 Å². The second kappa shape index (κ2) is 2.07. The van der Waals surface area contributed by atoms with Gasteiger partial charge in [0.1, 0.15) is 0 Å². The Labute approximate surface area is 72.1 Å². The zero-order valence-electron chi connectivity index (χ0n) is 6.37. The summed E-state index contributed by atoms with van der Waals surface area (Å²) < 4.78 is 21.5. The molecule has 0 saturated heterocycles. The molecule has 3 fully saturated rings. The van der Waals surface area contributed by atoms with E-state index < -0.39 is 11.3 Å². The van der Waals surface area contributed by atoms with Crippen LogP contribution in [-0.4, -0.2) is 20.2 Å². The van der Waals surface area contributed by atoms with Crippen LogP contribution in [0.2, 0.25) is 0 Å². The van der Waals surface area contributed by atoms with Crippen LogP contribution >= 0.6 is 0 Å². The molecule has 3 rings (SSSR count). The van der Waals surface area contributed by atoms with Crippen molar-refractivity contribution in [2.24, 2.45) is 11.1 Å². The van der Waals surface area contributed by atoms with E-state index in [2.05, 4.69) is 4.72 Å². The fourth-order valence-electron chi connectivity index (χ4n) is 2.34. The smallest absolute Gasteiger partial charge is 0.232 e. The standard InChI is InChI=1S/C6H10N2O3S/c7-4(9)5-1-6(2-5,3-5)8-12(10)11/h8H,1-3H2,(H2,7,9)(H,10,11). The van der Waals surface area contributed by atoms with Crippen LogP contribution < -0.4 is 10.5 Å². The van der Waals surface area contributed by atoms with E-state index in [1.165, 1.54) is 0 Å². The maximum atomic E-state index is 10.8. The van der Waals surface area contributed by atoms with Gasteiger partial charge in [-0.1, -0.05) is 0 Å². The molecule has 1 amide bonds. The molecule has 12 heavy (non-hydrogen) atoms. The van der Waals surface area contributed by atoms with Crippen molar-refractivity contribution >= 4 is 17.2 Å². The molecule has 5 nitrogen and oxygen atoms in total. The highest BCUT2D eigenvalue weighted by molar-refractivity contribution is 7.77. The van der Waals surface area contributed by atoms with Crippen LogP contribution in [0.1, 0.15) is 19.3 Å². The average molecular weight is 190 g/mol. The minimum Gasteiger partial charge on any atom is -0.369 e. The Kier molecular flexibility index (Phi) is 1.40. The number of carbonyl (C=O) groups is 1. The zero-order chi connectivity index (χ0) is 8.98. The molecule has 3 aliphatic rings. The summed E-state index contributed by atoms with van der Waals surface area (Å²) in [4.78, 5) is 10.8. The van der Waals surface area contributed by atoms with Crippen LogP contribution in [0, 0.1) is 5.41 Å². The summed E-state index contributed by atoms with van der Waals surface area (Å²) in [5.41, 5.74) is 4.53. The second-order valence-corrected chi connectivity index (χ2v) is 4.51. The summed E-state index contributed by atoms with van der Waals surface area (Å²) in [6, 6.07) is 0. The number of primary amides is 1. The third kappa shape index (κ3) is 0.854. The molecule has 4 N–H and O–H groups in total. The Hall–Kier alpha value is -0.460. The molecule has 6 heteroatoms. The lowest BCUT2D eigenvalue weighted by Crippen LogP contribution is -2.77. The summed E-state index contributed by atoms with van der Waals surface area (Å²) in [7, 11) is 0. The van der Waals surface area contributed by atoms with E-state index in [0.717, 1.165) is 0 Å². The first-order valence-corrected chi connectivity index (χ1v) is 4.77. The van der Waals surface area contributed by atoms with Gasteiger partial charge in [0.05, 0.1) is 5.41 Å². The Morgan fingerprint density at radius 1 is 1.50 bits per heavy atom. The topological polar surface area (TPSA) is 92.4 Å². The SMILES string of the molecule is NC(=O)C12CC(NS(=O)O)(C1)C2. The van der Waals surface area contributed by atoms with Crippen LogP contribution in [0.4, 0.5) is 0 Å². The van der Waals surface area contributed by atoms with Crippen molar-refractivity contribution in [1.82, 2.24) is 4.72 Å². The van der Waals surface area contributed by atoms with E-state index in [0.29, 0.717) is 19.3 Å². The van der Waals surface area contributed by atoms with Crippen molar-refractivity contribution in [1.29, 1.82) is 0 Å². The lowest BCUT2D eigenvalue weighted by atomic mass is 9.39. The van der Waals surface area contributed by atoms with Crippen molar-refractivity contribution in [3.63, 3.8) is 0 Å². The summed E-state index contributed by atoms with van der Waals surface area (Å²) >= 11 is -1.98. The molecule has 0 heterocycles. The lowest BCUT2D eigenvalue weighted by molar-refractivity contribution is -0.172. The summed E-state index contributed by atoms with van der Waals surface area (Å²) in [6.07, 6.45) is 1.84. The maximum Gasteiger partial charge on any atom is 0.232 e. The molecule has 0 aliphatic heterocycles. The highest BCUT2D eigenvalue weighted by Crippen LogP contribution is 2.66. The predicted molar refractivity (Wildman–Crippen MR) is 42.1 cm³/mol. The van der Waals surface area contributed by atoms with Crippen LogP contribution in [-0.2, 0) is 16.1 Å². The lowest BCUT2D eigenvalue weighted by Gasteiger charge is -2.68. The van der Waals surface area contributed by atoms with Gasteiger partial charge >= 0.3 is 0 Å². The Balaban J connectivity index is 1.95. The molecule has 3 saturated carbocycles. The van der Waals surface area contributed by atoms with Crippen molar-refractivity contribution in [3.05, 3.63) is 0 Å². The number of amides is 1. The third-order valence-electron chi connectivity index (χ3n) is 2.86. The first kappa shape index (κ1) is 8.15. The number of hydrogen-bond acceptors (Lipinski definition) is 2.